The number of aliphatic imine (C=N–C) groups is 1. The standard InChI is InChI=1S/C15H11N3O3/c19-14(20)11-4-2-1-3-9(11)8-16-10-5-6-12-13(7-10)18-15(21)17-12/h1-8H,(H,19,20)(H2,17,18,21)/p-1. The van der Waals surface area contributed by atoms with E-state index in [0.717, 1.165) is 0 Å². The lowest BCUT2D eigenvalue weighted by Crippen LogP contribution is -2.23. The fraction of sp³-hybridized carbons (Fsp3) is 0. The fourth-order valence-corrected chi connectivity index (χ4v) is 2.04. The van der Waals surface area contributed by atoms with E-state index >= 15 is 0 Å². The van der Waals surface area contributed by atoms with Gasteiger partial charge in [-0.05, 0) is 18.2 Å². The number of H-pyrrole nitrogens is 2. The van der Waals surface area contributed by atoms with Gasteiger partial charge in [-0.2, -0.15) is 0 Å². The van der Waals surface area contributed by atoms with Gasteiger partial charge in [-0.15, -0.1) is 0 Å². The van der Waals surface area contributed by atoms with E-state index in [1.54, 1.807) is 36.4 Å². The molecule has 2 N–H and O–H groups in total. The molecule has 0 aliphatic rings. The lowest BCUT2D eigenvalue weighted by Gasteiger charge is -2.05. The van der Waals surface area contributed by atoms with Crippen molar-refractivity contribution in [1.82, 2.24) is 9.97 Å². The van der Waals surface area contributed by atoms with Gasteiger partial charge in [-0.1, -0.05) is 24.3 Å². The molecular weight excluding hydrogens is 270 g/mol. The normalized spacial score (nSPS) is 11.2. The van der Waals surface area contributed by atoms with Crippen molar-refractivity contribution in [3.8, 4) is 0 Å². The van der Waals surface area contributed by atoms with Crippen molar-refractivity contribution in [2.75, 3.05) is 0 Å². The molecule has 0 saturated carbocycles. The van der Waals surface area contributed by atoms with E-state index in [1.165, 1.54) is 12.3 Å². The number of fused-ring (bicyclic) bond motifs is 1. The Hall–Kier alpha value is -3.15. The molecule has 6 nitrogen and oxygen atoms in total. The third-order valence-electron chi connectivity index (χ3n) is 3.03. The van der Waals surface area contributed by atoms with Gasteiger partial charge in [-0.3, -0.25) is 4.99 Å². The molecule has 3 aromatic rings. The van der Waals surface area contributed by atoms with Gasteiger partial charge in [0.1, 0.15) is 0 Å². The smallest absolute Gasteiger partial charge is 0.323 e. The maximum Gasteiger partial charge on any atom is 0.323 e. The van der Waals surface area contributed by atoms with Crippen LogP contribution < -0.4 is 10.8 Å². The number of hydrogen-bond acceptors (Lipinski definition) is 4. The Kier molecular flexibility index (Phi) is 3.12. The Bertz CT molecular complexity index is 906. The number of carbonyl (C=O) groups excluding carboxylic acids is 1. The first-order valence-corrected chi connectivity index (χ1v) is 6.20. The summed E-state index contributed by atoms with van der Waals surface area (Å²) in [5.41, 5.74) is 2.19. The quantitative estimate of drug-likeness (QED) is 0.699. The minimum Gasteiger partial charge on any atom is -0.545 e. The number of nitrogens with one attached hydrogen (secondary N) is 2. The molecule has 21 heavy (non-hydrogen) atoms. The highest BCUT2D eigenvalue weighted by molar-refractivity contribution is 5.98. The molecule has 0 fully saturated rings. The van der Waals surface area contributed by atoms with E-state index in [9.17, 15) is 14.7 Å². The Morgan fingerprint density at radius 1 is 1.10 bits per heavy atom. The number of aromatic carboxylic acids is 1. The van der Waals surface area contributed by atoms with Crippen molar-refractivity contribution in [3.05, 3.63) is 64.1 Å². The number of benzene rings is 2. The first kappa shape index (κ1) is 12.9. The number of imidazole rings is 1. The summed E-state index contributed by atoms with van der Waals surface area (Å²) in [6.07, 6.45) is 1.46. The first-order chi connectivity index (χ1) is 10.1. The molecule has 0 bridgehead atoms. The number of carboxylic acid groups (broad SMARTS) is 1. The molecule has 1 aromatic heterocycles. The minimum absolute atomic E-state index is 0.0809. The second kappa shape index (κ2) is 5.09. The van der Waals surface area contributed by atoms with Crippen molar-refractivity contribution in [3.63, 3.8) is 0 Å². The summed E-state index contributed by atoms with van der Waals surface area (Å²) in [4.78, 5) is 31.7. The van der Waals surface area contributed by atoms with Gasteiger partial charge in [0.05, 0.1) is 22.7 Å². The molecule has 6 heteroatoms. The summed E-state index contributed by atoms with van der Waals surface area (Å²) in [5.74, 6) is -1.25. The van der Waals surface area contributed by atoms with Crippen LogP contribution in [-0.4, -0.2) is 22.2 Å². The molecule has 2 aromatic carbocycles. The highest BCUT2D eigenvalue weighted by Gasteiger charge is 2.01. The molecule has 3 rings (SSSR count). The summed E-state index contributed by atoms with van der Waals surface area (Å²) >= 11 is 0. The zero-order valence-corrected chi connectivity index (χ0v) is 10.8. The van der Waals surface area contributed by atoms with Crippen LogP contribution in [0.15, 0.2) is 52.3 Å². The van der Waals surface area contributed by atoms with Crippen LogP contribution in [0.1, 0.15) is 15.9 Å². The fourth-order valence-electron chi connectivity index (χ4n) is 2.04. The van der Waals surface area contributed by atoms with Gasteiger partial charge < -0.3 is 19.9 Å². The Morgan fingerprint density at radius 2 is 1.86 bits per heavy atom. The summed E-state index contributed by atoms with van der Waals surface area (Å²) in [6.45, 7) is 0. The second-order valence-electron chi connectivity index (χ2n) is 4.44. The minimum atomic E-state index is -1.25. The molecule has 0 radical (unpaired) electrons. The molecule has 104 valence electrons. The van der Waals surface area contributed by atoms with Gasteiger partial charge in [0, 0.05) is 17.3 Å². The van der Waals surface area contributed by atoms with Crippen LogP contribution >= 0.6 is 0 Å². The van der Waals surface area contributed by atoms with Gasteiger partial charge >= 0.3 is 5.69 Å². The Morgan fingerprint density at radius 3 is 2.67 bits per heavy atom. The third-order valence-corrected chi connectivity index (χ3v) is 3.03. The number of carbonyl (C=O) groups is 1. The largest absolute Gasteiger partial charge is 0.545 e. The van der Waals surface area contributed by atoms with Gasteiger partial charge in [0.25, 0.3) is 0 Å². The third kappa shape index (κ3) is 2.59. The number of carboxylic acids is 1. The number of hydrogen-bond donors (Lipinski definition) is 2. The molecule has 0 aliphatic heterocycles. The van der Waals surface area contributed by atoms with Crippen LogP contribution in [0.3, 0.4) is 0 Å². The summed E-state index contributed by atoms with van der Waals surface area (Å²) < 4.78 is 0. The predicted octanol–water partition coefficient (Wildman–Crippen LogP) is 0.970. The van der Waals surface area contributed by atoms with Crippen LogP contribution in [0, 0.1) is 0 Å². The van der Waals surface area contributed by atoms with E-state index < -0.39 is 5.97 Å². The van der Waals surface area contributed by atoms with E-state index in [-0.39, 0.29) is 11.3 Å². The van der Waals surface area contributed by atoms with Crippen molar-refractivity contribution in [2.24, 2.45) is 4.99 Å². The molecule has 0 unspecified atom stereocenters. The Labute approximate surface area is 118 Å². The molecular formula is C15H10N3O3-. The highest BCUT2D eigenvalue weighted by Crippen LogP contribution is 2.17. The average Bonchev–Trinajstić information content (AvgIpc) is 2.84. The highest BCUT2D eigenvalue weighted by atomic mass is 16.4. The molecule has 0 spiro atoms. The molecule has 0 aliphatic carbocycles. The maximum atomic E-state index is 11.2. The SMILES string of the molecule is O=C([O-])c1ccccc1C=Nc1ccc2[nH]c(=O)[nH]c2c1. The first-order valence-electron chi connectivity index (χ1n) is 6.20. The zero-order valence-electron chi connectivity index (χ0n) is 10.8. The topological polar surface area (TPSA) is 101 Å². The van der Waals surface area contributed by atoms with Crippen molar-refractivity contribution < 1.29 is 9.90 Å². The number of nitrogens with zero attached hydrogens (tertiary/aromatic N) is 1. The van der Waals surface area contributed by atoms with Crippen LogP contribution in [0.2, 0.25) is 0 Å². The lowest BCUT2D eigenvalue weighted by molar-refractivity contribution is -0.255. The van der Waals surface area contributed by atoms with Crippen LogP contribution in [0.4, 0.5) is 5.69 Å². The number of rotatable bonds is 3. The second-order valence-corrected chi connectivity index (χ2v) is 4.44. The van der Waals surface area contributed by atoms with E-state index in [4.69, 9.17) is 0 Å². The molecule has 0 saturated heterocycles. The van der Waals surface area contributed by atoms with Crippen molar-refractivity contribution in [2.45, 2.75) is 0 Å². The molecule has 1 heterocycles. The van der Waals surface area contributed by atoms with Crippen molar-refractivity contribution in [1.29, 1.82) is 0 Å². The van der Waals surface area contributed by atoms with Gasteiger partial charge in [-0.25, -0.2) is 4.79 Å². The summed E-state index contributed by atoms with van der Waals surface area (Å²) in [5, 5.41) is 11.0. The van der Waals surface area contributed by atoms with E-state index in [0.29, 0.717) is 22.3 Å². The summed E-state index contributed by atoms with van der Waals surface area (Å²) in [6, 6.07) is 11.6. The van der Waals surface area contributed by atoms with Crippen molar-refractivity contribution >= 4 is 28.9 Å². The number of aromatic nitrogens is 2. The summed E-state index contributed by atoms with van der Waals surface area (Å²) in [7, 11) is 0. The van der Waals surface area contributed by atoms with Crippen LogP contribution in [0.25, 0.3) is 11.0 Å². The maximum absolute atomic E-state index is 11.2. The van der Waals surface area contributed by atoms with Gasteiger partial charge in [0.15, 0.2) is 0 Å². The van der Waals surface area contributed by atoms with E-state index in [1.807, 2.05) is 0 Å². The molecule has 0 atom stereocenters. The van der Waals surface area contributed by atoms with Crippen LogP contribution in [-0.2, 0) is 0 Å². The Balaban J connectivity index is 1.97. The average molecular weight is 280 g/mol. The predicted molar refractivity (Wildman–Crippen MR) is 76.9 cm³/mol. The van der Waals surface area contributed by atoms with Crippen LogP contribution in [0.5, 0.6) is 0 Å². The van der Waals surface area contributed by atoms with Gasteiger partial charge in [0.2, 0.25) is 0 Å². The number of aromatic amines is 2. The van der Waals surface area contributed by atoms with E-state index in [2.05, 4.69) is 15.0 Å². The molecule has 0 amide bonds. The lowest BCUT2D eigenvalue weighted by atomic mass is 10.1. The monoisotopic (exact) mass is 280 g/mol. The zero-order chi connectivity index (χ0) is 14.8.